The van der Waals surface area contributed by atoms with E-state index in [-0.39, 0.29) is 36.9 Å². The van der Waals surface area contributed by atoms with Gasteiger partial charge < -0.3 is 20.1 Å². The third-order valence-electron chi connectivity index (χ3n) is 4.61. The predicted molar refractivity (Wildman–Crippen MR) is 104 cm³/mol. The lowest BCUT2D eigenvalue weighted by atomic mass is 9.86. The summed E-state index contributed by atoms with van der Waals surface area (Å²) in [5.74, 6) is -0.954. The van der Waals surface area contributed by atoms with Gasteiger partial charge in [0.2, 0.25) is 0 Å². The molecule has 2 aromatic rings. The molecule has 2 unspecified atom stereocenters. The molecule has 1 fully saturated rings. The van der Waals surface area contributed by atoms with Gasteiger partial charge in [0.05, 0.1) is 7.11 Å². The smallest absolute Gasteiger partial charge is 0.258 e. The average molecular weight is 413 g/mol. The summed E-state index contributed by atoms with van der Waals surface area (Å²) in [7, 11) is 1.56. The minimum atomic E-state index is -0.877. The maximum absolute atomic E-state index is 13.6. The Labute approximate surface area is 168 Å². The lowest BCUT2D eigenvalue weighted by Crippen LogP contribution is -2.51. The molecule has 8 heteroatoms. The SMILES string of the molecule is COc1cccc(OCC(=O)NC2CNCCC2c2ccc(F)c(F)c2)c1.Cl. The van der Waals surface area contributed by atoms with Crippen LogP contribution in [0.4, 0.5) is 8.78 Å². The van der Waals surface area contributed by atoms with Gasteiger partial charge in [0.1, 0.15) is 11.5 Å². The van der Waals surface area contributed by atoms with Crippen LogP contribution in [0.1, 0.15) is 17.9 Å². The van der Waals surface area contributed by atoms with E-state index in [1.165, 1.54) is 6.07 Å². The second-order valence-corrected chi connectivity index (χ2v) is 6.41. The Kier molecular flexibility index (Phi) is 8.02. The van der Waals surface area contributed by atoms with Crippen LogP contribution in [0.25, 0.3) is 0 Å². The molecule has 1 saturated heterocycles. The van der Waals surface area contributed by atoms with Crippen LogP contribution in [0, 0.1) is 11.6 Å². The van der Waals surface area contributed by atoms with E-state index in [2.05, 4.69) is 10.6 Å². The zero-order valence-corrected chi connectivity index (χ0v) is 16.2. The Morgan fingerprint density at radius 2 is 1.96 bits per heavy atom. The van der Waals surface area contributed by atoms with Crippen LogP contribution < -0.4 is 20.1 Å². The summed E-state index contributed by atoms with van der Waals surface area (Å²) < 4.78 is 37.4. The first kappa shape index (κ1) is 21.9. The molecule has 2 atom stereocenters. The Balaban J connectivity index is 0.00000280. The van der Waals surface area contributed by atoms with Gasteiger partial charge in [-0.3, -0.25) is 4.79 Å². The highest BCUT2D eigenvalue weighted by Gasteiger charge is 2.28. The highest BCUT2D eigenvalue weighted by Crippen LogP contribution is 2.27. The van der Waals surface area contributed by atoms with Crippen molar-refractivity contribution in [3.63, 3.8) is 0 Å². The molecule has 1 aliphatic rings. The van der Waals surface area contributed by atoms with Gasteiger partial charge in [0.25, 0.3) is 5.91 Å². The van der Waals surface area contributed by atoms with E-state index in [1.54, 1.807) is 37.4 Å². The lowest BCUT2D eigenvalue weighted by molar-refractivity contribution is -0.124. The highest BCUT2D eigenvalue weighted by molar-refractivity contribution is 5.85. The largest absolute Gasteiger partial charge is 0.497 e. The summed E-state index contributed by atoms with van der Waals surface area (Å²) >= 11 is 0. The number of ether oxygens (including phenoxy) is 2. The van der Waals surface area contributed by atoms with E-state index in [0.29, 0.717) is 30.0 Å². The highest BCUT2D eigenvalue weighted by atomic mass is 35.5. The fraction of sp³-hybridized carbons (Fsp3) is 0.350. The first-order valence-corrected chi connectivity index (χ1v) is 8.78. The summed E-state index contributed by atoms with van der Waals surface area (Å²) in [6.45, 7) is 1.15. The fourth-order valence-corrected chi connectivity index (χ4v) is 3.24. The summed E-state index contributed by atoms with van der Waals surface area (Å²) in [4.78, 5) is 12.3. The summed E-state index contributed by atoms with van der Waals surface area (Å²) in [5.41, 5.74) is 0.675. The van der Waals surface area contributed by atoms with Crippen LogP contribution >= 0.6 is 12.4 Å². The minimum absolute atomic E-state index is 0. The molecule has 0 radical (unpaired) electrons. The van der Waals surface area contributed by atoms with Crippen molar-refractivity contribution in [1.29, 1.82) is 0 Å². The van der Waals surface area contributed by atoms with Gasteiger partial charge in [-0.2, -0.15) is 0 Å². The molecule has 1 aliphatic heterocycles. The van der Waals surface area contributed by atoms with Crippen molar-refractivity contribution in [1.82, 2.24) is 10.6 Å². The van der Waals surface area contributed by atoms with Crippen LogP contribution in [0.15, 0.2) is 42.5 Å². The van der Waals surface area contributed by atoms with Crippen LogP contribution in [0.5, 0.6) is 11.5 Å². The number of carbonyl (C=O) groups is 1. The number of hydrogen-bond acceptors (Lipinski definition) is 4. The molecule has 5 nitrogen and oxygen atoms in total. The zero-order chi connectivity index (χ0) is 19.2. The van der Waals surface area contributed by atoms with E-state index in [9.17, 15) is 13.6 Å². The van der Waals surface area contributed by atoms with E-state index < -0.39 is 11.6 Å². The molecule has 2 aromatic carbocycles. The standard InChI is InChI=1S/C20H22F2N2O3.ClH/c1-26-14-3-2-4-15(10-14)27-12-20(25)24-19-11-23-8-7-16(19)13-5-6-17(21)18(22)9-13;/h2-6,9-10,16,19,23H,7-8,11-12H2,1H3,(H,24,25);1H. The number of hydrogen-bond donors (Lipinski definition) is 2. The first-order chi connectivity index (χ1) is 13.1. The number of carbonyl (C=O) groups excluding carboxylic acids is 1. The normalized spacial score (nSPS) is 18.7. The maximum Gasteiger partial charge on any atom is 0.258 e. The number of methoxy groups -OCH3 is 1. The van der Waals surface area contributed by atoms with Gasteiger partial charge in [-0.1, -0.05) is 12.1 Å². The maximum atomic E-state index is 13.6. The molecule has 1 amide bonds. The van der Waals surface area contributed by atoms with Gasteiger partial charge in [-0.05, 0) is 42.8 Å². The Morgan fingerprint density at radius 3 is 2.71 bits per heavy atom. The molecule has 0 saturated carbocycles. The van der Waals surface area contributed by atoms with Crippen LogP contribution in [-0.4, -0.2) is 38.8 Å². The number of nitrogens with one attached hydrogen (secondary N) is 2. The Bertz CT molecular complexity index is 807. The average Bonchev–Trinajstić information content (AvgIpc) is 2.69. The van der Waals surface area contributed by atoms with Gasteiger partial charge in [0, 0.05) is 24.6 Å². The third kappa shape index (κ3) is 5.56. The van der Waals surface area contributed by atoms with Crippen molar-refractivity contribution < 1.29 is 23.0 Å². The summed E-state index contributed by atoms with van der Waals surface area (Å²) in [5, 5.41) is 6.14. The van der Waals surface area contributed by atoms with Crippen molar-refractivity contribution >= 4 is 18.3 Å². The molecule has 3 rings (SSSR count). The summed E-state index contributed by atoms with van der Waals surface area (Å²) in [6, 6.07) is 10.7. The molecular formula is C20H23ClF2N2O3. The van der Waals surface area contributed by atoms with Gasteiger partial charge in [-0.15, -0.1) is 12.4 Å². The molecule has 1 heterocycles. The summed E-state index contributed by atoms with van der Waals surface area (Å²) in [6.07, 6.45) is 0.715. The molecule has 0 spiro atoms. The van der Waals surface area contributed by atoms with E-state index in [0.717, 1.165) is 12.6 Å². The van der Waals surface area contributed by atoms with Crippen LogP contribution in [-0.2, 0) is 4.79 Å². The molecule has 0 aromatic heterocycles. The molecule has 152 valence electrons. The van der Waals surface area contributed by atoms with Crippen molar-refractivity contribution in [3.05, 3.63) is 59.7 Å². The number of piperidine rings is 1. The molecule has 0 aliphatic carbocycles. The van der Waals surface area contributed by atoms with Gasteiger partial charge >= 0.3 is 0 Å². The fourth-order valence-electron chi connectivity index (χ4n) is 3.24. The minimum Gasteiger partial charge on any atom is -0.497 e. The third-order valence-corrected chi connectivity index (χ3v) is 4.61. The lowest BCUT2D eigenvalue weighted by Gasteiger charge is -2.33. The molecule has 0 bridgehead atoms. The number of halogens is 3. The van der Waals surface area contributed by atoms with Crippen molar-refractivity contribution in [2.45, 2.75) is 18.4 Å². The van der Waals surface area contributed by atoms with E-state index in [1.807, 2.05) is 0 Å². The monoisotopic (exact) mass is 412 g/mol. The molecule has 2 N–H and O–H groups in total. The first-order valence-electron chi connectivity index (χ1n) is 8.78. The van der Waals surface area contributed by atoms with Gasteiger partial charge in [0.15, 0.2) is 18.2 Å². The Morgan fingerprint density at radius 1 is 1.18 bits per heavy atom. The van der Waals surface area contributed by atoms with Crippen molar-refractivity contribution in [3.8, 4) is 11.5 Å². The predicted octanol–water partition coefficient (Wildman–Crippen LogP) is 3.04. The van der Waals surface area contributed by atoms with Crippen molar-refractivity contribution in [2.75, 3.05) is 26.8 Å². The van der Waals surface area contributed by atoms with Gasteiger partial charge in [-0.25, -0.2) is 8.78 Å². The number of benzene rings is 2. The van der Waals surface area contributed by atoms with Crippen LogP contribution in [0.3, 0.4) is 0 Å². The Hall–Kier alpha value is -2.38. The second-order valence-electron chi connectivity index (χ2n) is 6.41. The quantitative estimate of drug-likeness (QED) is 0.765. The number of amides is 1. The van der Waals surface area contributed by atoms with Crippen LogP contribution in [0.2, 0.25) is 0 Å². The zero-order valence-electron chi connectivity index (χ0n) is 15.4. The topological polar surface area (TPSA) is 59.6 Å². The van der Waals surface area contributed by atoms with Crippen molar-refractivity contribution in [2.24, 2.45) is 0 Å². The van der Waals surface area contributed by atoms with E-state index in [4.69, 9.17) is 9.47 Å². The molecular weight excluding hydrogens is 390 g/mol. The molecule has 28 heavy (non-hydrogen) atoms. The second kappa shape index (κ2) is 10.2. The van der Waals surface area contributed by atoms with E-state index >= 15 is 0 Å². The number of rotatable bonds is 6.